The molecule has 0 saturated carbocycles. The number of benzene rings is 4. The number of amides is 2. The lowest BCUT2D eigenvalue weighted by Gasteiger charge is -2.49. The average molecular weight is 749 g/mol. The van der Waals surface area contributed by atoms with E-state index in [-0.39, 0.29) is 18.1 Å². The number of fused-ring (bicyclic) bond motifs is 3. The highest BCUT2D eigenvalue weighted by Crippen LogP contribution is 2.55. The molecule has 6 aliphatic rings. The number of anilines is 1. The molecule has 2 amide bonds. The summed E-state index contributed by atoms with van der Waals surface area (Å²) in [4.78, 5) is 19.1. The topological polar surface area (TPSA) is 94.6 Å². The van der Waals surface area contributed by atoms with E-state index in [1.807, 2.05) is 34.2 Å². The van der Waals surface area contributed by atoms with Crippen LogP contribution in [0.25, 0.3) is 0 Å². The van der Waals surface area contributed by atoms with E-state index < -0.39 is 0 Å². The maximum Gasteiger partial charge on any atom is 0.339 e. The van der Waals surface area contributed by atoms with Gasteiger partial charge in [-0.15, -0.1) is 0 Å². The number of ether oxygens (including phenoxy) is 7. The summed E-state index contributed by atoms with van der Waals surface area (Å²) in [5, 5.41) is 4.01. The molecule has 4 aromatic carbocycles. The van der Waals surface area contributed by atoms with Crippen LogP contribution in [0.2, 0.25) is 0 Å². The number of hydrazine groups is 1. The van der Waals surface area contributed by atoms with Gasteiger partial charge in [-0.3, -0.25) is 4.90 Å². The lowest BCUT2D eigenvalue weighted by molar-refractivity contribution is 0.0476. The first-order valence-corrected chi connectivity index (χ1v) is 19.2. The predicted octanol–water partition coefficient (Wildman–Crippen LogP) is 7.11. The van der Waals surface area contributed by atoms with Crippen LogP contribution in [0.1, 0.15) is 51.9 Å². The van der Waals surface area contributed by atoms with Gasteiger partial charge in [0.15, 0.2) is 34.5 Å². The molecule has 4 aromatic rings. The molecule has 2 atom stereocenters. The highest BCUT2D eigenvalue weighted by Gasteiger charge is 2.45. The Bertz CT molecular complexity index is 2120. The molecule has 6 heterocycles. The van der Waals surface area contributed by atoms with Crippen molar-refractivity contribution in [1.29, 1.82) is 0 Å². The van der Waals surface area contributed by atoms with Crippen LogP contribution in [0.5, 0.6) is 46.0 Å². The Kier molecular flexibility index (Phi) is 9.35. The first-order chi connectivity index (χ1) is 26.9. The van der Waals surface area contributed by atoms with Gasteiger partial charge in [0.1, 0.15) is 5.75 Å². The zero-order chi connectivity index (χ0) is 37.8. The molecule has 12 heteroatoms. The van der Waals surface area contributed by atoms with Crippen molar-refractivity contribution in [3.63, 3.8) is 0 Å². The van der Waals surface area contributed by atoms with Crippen LogP contribution in [0.15, 0.2) is 54.6 Å². The molecule has 0 spiro atoms. The third-order valence-corrected chi connectivity index (χ3v) is 11.9. The molecular formula is C43H48N4O8. The first-order valence-electron chi connectivity index (χ1n) is 19.2. The third-order valence-electron chi connectivity index (χ3n) is 11.9. The minimum Gasteiger partial charge on any atom is -0.493 e. The quantitative estimate of drug-likeness (QED) is 0.215. The highest BCUT2D eigenvalue weighted by molar-refractivity contribution is 5.93. The minimum absolute atomic E-state index is 0.114. The van der Waals surface area contributed by atoms with Crippen molar-refractivity contribution < 1.29 is 38.0 Å². The van der Waals surface area contributed by atoms with E-state index in [0.717, 1.165) is 48.2 Å². The van der Waals surface area contributed by atoms with Crippen LogP contribution in [-0.4, -0.2) is 95.7 Å². The van der Waals surface area contributed by atoms with E-state index in [1.54, 1.807) is 28.4 Å². The van der Waals surface area contributed by atoms with Gasteiger partial charge in [-0.1, -0.05) is 12.1 Å². The summed E-state index contributed by atoms with van der Waals surface area (Å²) >= 11 is 0. The Morgan fingerprint density at radius 3 is 2.16 bits per heavy atom. The SMILES string of the molecule is COc1cc2c3cc1Oc1ccc(cc1)CC[C@H]1c4cc(c(OC)cc4CCN1C)Oc1c(OC)c(OC)cc4c1[C@H](C3)N(CC4)N2C(=O)N1CCOCC1. The summed E-state index contributed by atoms with van der Waals surface area (Å²) < 4.78 is 43.5. The fraction of sp³-hybridized carbons (Fsp3) is 0.419. The molecule has 0 aromatic heterocycles. The lowest BCUT2D eigenvalue weighted by Crippen LogP contribution is -2.59. The van der Waals surface area contributed by atoms with Gasteiger partial charge in [0, 0.05) is 43.9 Å². The molecule has 1 saturated heterocycles. The second-order valence-corrected chi connectivity index (χ2v) is 14.8. The summed E-state index contributed by atoms with van der Waals surface area (Å²) in [5.74, 6) is 4.71. The molecule has 55 heavy (non-hydrogen) atoms. The summed E-state index contributed by atoms with van der Waals surface area (Å²) in [7, 11) is 8.81. The van der Waals surface area contributed by atoms with Gasteiger partial charge < -0.3 is 38.1 Å². The zero-order valence-electron chi connectivity index (χ0n) is 32.2. The molecule has 288 valence electrons. The first kappa shape index (κ1) is 35.5. The summed E-state index contributed by atoms with van der Waals surface area (Å²) in [6.07, 6.45) is 3.94. The number of morpholine rings is 1. The molecule has 7 bridgehead atoms. The maximum atomic E-state index is 14.8. The predicted molar refractivity (Wildman–Crippen MR) is 207 cm³/mol. The Hall–Kier alpha value is -5.17. The molecular weight excluding hydrogens is 700 g/mol. The van der Waals surface area contributed by atoms with Crippen LogP contribution in [0, 0.1) is 0 Å². The number of hydrogen-bond donors (Lipinski definition) is 0. The number of methoxy groups -OCH3 is 4. The molecule has 12 nitrogen and oxygen atoms in total. The van der Waals surface area contributed by atoms with Crippen LogP contribution in [0.4, 0.5) is 10.5 Å². The van der Waals surface area contributed by atoms with E-state index in [2.05, 4.69) is 47.3 Å². The fourth-order valence-electron chi connectivity index (χ4n) is 9.04. The standard InChI is InChI=1S/C43H48N4O8/c1-44-14-12-27-21-35(49-2)38-24-31(27)32(44)11-8-26-6-9-30(10-7-26)54-37-23-29-20-34-40-28(22-39(51-4)41(52-5)42(40)55-38)13-15-46(34)47(33(29)25-36(37)50-3)43(48)45-16-18-53-19-17-45/h6-7,9-10,21-25,32,34H,8,11-20H2,1-5H3/t32-,34-/m0/s1. The molecule has 1 fully saturated rings. The number of hydrogen-bond acceptors (Lipinski definition) is 10. The molecule has 0 radical (unpaired) electrons. The molecule has 0 aliphatic carbocycles. The van der Waals surface area contributed by atoms with Crippen molar-refractivity contribution in [2.75, 3.05) is 79.9 Å². The van der Waals surface area contributed by atoms with Crippen molar-refractivity contribution in [3.05, 3.63) is 88.0 Å². The lowest BCUT2D eigenvalue weighted by atomic mass is 9.86. The van der Waals surface area contributed by atoms with Crippen LogP contribution >= 0.6 is 0 Å². The number of rotatable bonds is 4. The number of nitrogens with zero attached hydrogens (tertiary/aromatic N) is 4. The largest absolute Gasteiger partial charge is 0.493 e. The van der Waals surface area contributed by atoms with Crippen molar-refractivity contribution in [3.8, 4) is 46.0 Å². The number of carbonyl (C=O) groups is 1. The van der Waals surface area contributed by atoms with E-state index in [9.17, 15) is 4.79 Å². The van der Waals surface area contributed by atoms with Crippen LogP contribution < -0.4 is 33.4 Å². The molecule has 0 unspecified atom stereocenters. The average Bonchev–Trinajstić information content (AvgIpc) is 3.22. The molecule has 10 rings (SSSR count). The Labute approximate surface area is 321 Å². The normalized spacial score (nSPS) is 20.5. The zero-order valence-corrected chi connectivity index (χ0v) is 32.2. The second kappa shape index (κ2) is 14.5. The number of carbonyl (C=O) groups excluding carboxylic acids is 1. The second-order valence-electron chi connectivity index (χ2n) is 14.8. The third kappa shape index (κ3) is 6.16. The Morgan fingerprint density at radius 1 is 0.709 bits per heavy atom. The number of aryl methyl sites for hydroxylation is 1. The number of urea groups is 1. The smallest absolute Gasteiger partial charge is 0.339 e. The van der Waals surface area contributed by atoms with E-state index in [4.69, 9.17) is 33.2 Å². The highest BCUT2D eigenvalue weighted by atomic mass is 16.5. The van der Waals surface area contributed by atoms with E-state index in [0.29, 0.717) is 91.7 Å². The van der Waals surface area contributed by atoms with E-state index >= 15 is 0 Å². The summed E-state index contributed by atoms with van der Waals surface area (Å²) in [5.41, 5.74) is 7.43. The monoisotopic (exact) mass is 748 g/mol. The van der Waals surface area contributed by atoms with Gasteiger partial charge >= 0.3 is 6.03 Å². The van der Waals surface area contributed by atoms with Crippen molar-refractivity contribution >= 4 is 11.7 Å². The van der Waals surface area contributed by atoms with Gasteiger partial charge in [-0.2, -0.15) is 0 Å². The van der Waals surface area contributed by atoms with E-state index in [1.165, 1.54) is 16.7 Å². The summed E-state index contributed by atoms with van der Waals surface area (Å²) in [6, 6.07) is 18.4. The maximum absolute atomic E-state index is 14.8. The number of likely N-dealkylation sites (N-methyl/N-ethyl adjacent to an activating group) is 1. The van der Waals surface area contributed by atoms with Gasteiger partial charge in [-0.25, -0.2) is 14.8 Å². The van der Waals surface area contributed by atoms with Gasteiger partial charge in [0.05, 0.1) is 53.4 Å². The summed E-state index contributed by atoms with van der Waals surface area (Å²) in [6.45, 7) is 3.52. The molecule has 0 N–H and O–H groups in total. The van der Waals surface area contributed by atoms with Gasteiger partial charge in [-0.05, 0) is 103 Å². The Balaban J connectivity index is 1.28. The van der Waals surface area contributed by atoms with Crippen molar-refractivity contribution in [2.45, 2.75) is 44.2 Å². The van der Waals surface area contributed by atoms with Crippen LogP contribution in [0.3, 0.4) is 0 Å². The van der Waals surface area contributed by atoms with Crippen molar-refractivity contribution in [2.24, 2.45) is 0 Å². The van der Waals surface area contributed by atoms with Gasteiger partial charge in [0.2, 0.25) is 5.75 Å². The van der Waals surface area contributed by atoms with Crippen molar-refractivity contribution in [1.82, 2.24) is 14.8 Å². The Morgan fingerprint density at radius 2 is 1.42 bits per heavy atom. The molecule has 6 aliphatic heterocycles. The van der Waals surface area contributed by atoms with Gasteiger partial charge in [0.25, 0.3) is 0 Å². The fourth-order valence-corrected chi connectivity index (χ4v) is 9.04. The van der Waals surface area contributed by atoms with Crippen LogP contribution in [-0.2, 0) is 30.4 Å². The minimum atomic E-state index is -0.304.